The molecule has 0 bridgehead atoms. The molecule has 14 heteroatoms. The molecule has 56 heavy (non-hydrogen) atoms. The average Bonchev–Trinajstić information content (AvgIpc) is 3.13. The van der Waals surface area contributed by atoms with Crippen molar-refractivity contribution < 1.29 is 47.0 Å². The molecule has 2 atom stereocenters. The number of esters is 1. The fourth-order valence-corrected chi connectivity index (χ4v) is 5.26. The molecular formula is C42H50F2N2O8S2. The van der Waals surface area contributed by atoms with Crippen LogP contribution in [0.5, 0.6) is 11.5 Å². The second-order valence-corrected chi connectivity index (χ2v) is 12.5. The van der Waals surface area contributed by atoms with E-state index in [1.165, 1.54) is 45.2 Å². The summed E-state index contributed by atoms with van der Waals surface area (Å²) in [6, 6.07) is 25.5. The third-order valence-corrected chi connectivity index (χ3v) is 7.91. The molecule has 2 amide bonds. The maximum Gasteiger partial charge on any atom is 0.328 e. The first-order valence-electron chi connectivity index (χ1n) is 17.4. The van der Waals surface area contributed by atoms with Crippen LogP contribution in [-0.4, -0.2) is 48.5 Å². The van der Waals surface area contributed by atoms with Gasteiger partial charge in [-0.1, -0.05) is 55.5 Å². The van der Waals surface area contributed by atoms with Gasteiger partial charge in [0.25, 0.3) is 0 Å². The average molecular weight is 813 g/mol. The second-order valence-electron chi connectivity index (χ2n) is 12.5. The van der Waals surface area contributed by atoms with Crippen LogP contribution in [0.2, 0.25) is 0 Å². The fraction of sp³-hybridized carbons (Fsp3) is 0.310. The van der Waals surface area contributed by atoms with E-state index in [0.29, 0.717) is 29.9 Å². The molecule has 4 rings (SSSR count). The van der Waals surface area contributed by atoms with E-state index in [2.05, 4.69) is 15.4 Å². The number of benzene rings is 4. The molecule has 0 radical (unpaired) electrons. The molecule has 2 unspecified atom stereocenters. The van der Waals surface area contributed by atoms with Gasteiger partial charge in [-0.15, -0.1) is 0 Å². The van der Waals surface area contributed by atoms with Gasteiger partial charge in [0.2, 0.25) is 11.8 Å². The number of halogens is 2. The standard InChI is InChI=1S/C21H22FNO5.C21H24FNO3.2H2S/c1-14(24)23-20(21(26)27-2)12-18(25)11-15-6-8-19(9-7-15)28-13-16-4-3-5-17(22)10-16;1-3-19(23-15(2)24)13-20(25)12-16-7-9-21(10-8-16)26-14-17-5-4-6-18(22)11-17;;/h3-10,20H,11-13H2,1-2H3,(H,23,24);4-11,19H,3,12-14H2,1-2H3,(H,23,24);2*1H2. The molecule has 302 valence electrons. The zero-order valence-electron chi connectivity index (χ0n) is 31.9. The lowest BCUT2D eigenvalue weighted by atomic mass is 10.0. The minimum atomic E-state index is -0.996. The molecule has 0 aliphatic heterocycles. The third-order valence-electron chi connectivity index (χ3n) is 7.91. The summed E-state index contributed by atoms with van der Waals surface area (Å²) >= 11 is 0. The van der Waals surface area contributed by atoms with Crippen molar-refractivity contribution in [2.24, 2.45) is 0 Å². The SMILES string of the molecule is CCC(CC(=O)Cc1ccc(OCc2cccc(F)c2)cc1)NC(C)=O.COC(=O)C(CC(=O)Cc1ccc(OCc2cccc(F)c2)cc1)NC(C)=O.S.S. The highest BCUT2D eigenvalue weighted by atomic mass is 32.1. The van der Waals surface area contributed by atoms with Crippen molar-refractivity contribution in [3.8, 4) is 11.5 Å². The number of Topliss-reactive ketones (excluding diaryl/α,β-unsaturated/α-hetero) is 2. The van der Waals surface area contributed by atoms with Gasteiger partial charge in [0.1, 0.15) is 54.0 Å². The summed E-state index contributed by atoms with van der Waals surface area (Å²) in [7, 11) is 1.20. The van der Waals surface area contributed by atoms with Gasteiger partial charge in [0, 0.05) is 45.6 Å². The molecule has 0 saturated heterocycles. The molecule has 0 fully saturated rings. The first kappa shape index (κ1) is 48.8. The van der Waals surface area contributed by atoms with Crippen molar-refractivity contribution in [2.75, 3.05) is 7.11 Å². The largest absolute Gasteiger partial charge is 0.489 e. The number of rotatable bonds is 18. The summed E-state index contributed by atoms with van der Waals surface area (Å²) in [6.45, 7) is 5.18. The smallest absolute Gasteiger partial charge is 0.328 e. The van der Waals surface area contributed by atoms with E-state index in [1.54, 1.807) is 60.7 Å². The molecule has 4 aromatic carbocycles. The lowest BCUT2D eigenvalue weighted by Crippen LogP contribution is -2.42. The number of hydrogen-bond donors (Lipinski definition) is 2. The Kier molecular flexibility index (Phi) is 22.5. The van der Waals surface area contributed by atoms with Crippen LogP contribution in [0.3, 0.4) is 0 Å². The molecule has 4 aromatic rings. The Hall–Kier alpha value is -5.21. The van der Waals surface area contributed by atoms with E-state index in [0.717, 1.165) is 23.1 Å². The van der Waals surface area contributed by atoms with Gasteiger partial charge in [-0.2, -0.15) is 27.0 Å². The zero-order valence-corrected chi connectivity index (χ0v) is 33.9. The number of nitrogens with one attached hydrogen (secondary N) is 2. The summed E-state index contributed by atoms with van der Waals surface area (Å²) in [6.07, 6.45) is 1.33. The Morgan fingerprint density at radius 3 is 1.41 bits per heavy atom. The van der Waals surface area contributed by atoms with Gasteiger partial charge in [-0.25, -0.2) is 13.6 Å². The van der Waals surface area contributed by atoms with Crippen molar-refractivity contribution in [3.63, 3.8) is 0 Å². The molecule has 0 heterocycles. The maximum atomic E-state index is 13.2. The van der Waals surface area contributed by atoms with Crippen LogP contribution < -0.4 is 20.1 Å². The van der Waals surface area contributed by atoms with E-state index in [9.17, 15) is 32.8 Å². The number of carbonyl (C=O) groups excluding carboxylic acids is 5. The van der Waals surface area contributed by atoms with Crippen molar-refractivity contribution in [1.29, 1.82) is 0 Å². The molecule has 0 saturated carbocycles. The van der Waals surface area contributed by atoms with Gasteiger partial charge < -0.3 is 24.8 Å². The molecule has 0 aliphatic carbocycles. The number of methoxy groups -OCH3 is 1. The number of carbonyl (C=O) groups is 5. The van der Waals surface area contributed by atoms with E-state index in [1.807, 2.05) is 19.1 Å². The van der Waals surface area contributed by atoms with Crippen LogP contribution in [0.1, 0.15) is 62.3 Å². The monoisotopic (exact) mass is 812 g/mol. The highest BCUT2D eigenvalue weighted by molar-refractivity contribution is 7.59. The van der Waals surface area contributed by atoms with Crippen LogP contribution >= 0.6 is 27.0 Å². The highest BCUT2D eigenvalue weighted by Crippen LogP contribution is 2.17. The predicted molar refractivity (Wildman–Crippen MR) is 219 cm³/mol. The van der Waals surface area contributed by atoms with Crippen molar-refractivity contribution in [2.45, 2.75) is 78.2 Å². The molecule has 2 N–H and O–H groups in total. The molecule has 0 spiro atoms. The van der Waals surface area contributed by atoms with Crippen LogP contribution in [0, 0.1) is 11.6 Å². The summed E-state index contributed by atoms with van der Waals surface area (Å²) in [5.41, 5.74) is 3.11. The topological polar surface area (TPSA) is 137 Å². The van der Waals surface area contributed by atoms with Gasteiger partial charge in [-0.05, 0) is 77.2 Å². The van der Waals surface area contributed by atoms with Crippen molar-refractivity contribution >= 4 is 56.3 Å². The Morgan fingerprint density at radius 1 is 0.607 bits per heavy atom. The number of ether oxygens (including phenoxy) is 3. The first-order valence-corrected chi connectivity index (χ1v) is 17.4. The van der Waals surface area contributed by atoms with E-state index < -0.39 is 17.9 Å². The summed E-state index contributed by atoms with van der Waals surface area (Å²) < 4.78 is 42.1. The van der Waals surface area contributed by atoms with Crippen LogP contribution in [0.15, 0.2) is 97.1 Å². The predicted octanol–water partition coefficient (Wildman–Crippen LogP) is 6.63. The van der Waals surface area contributed by atoms with Gasteiger partial charge in [-0.3, -0.25) is 19.2 Å². The summed E-state index contributed by atoms with van der Waals surface area (Å²) in [4.78, 5) is 58.3. The van der Waals surface area contributed by atoms with E-state index >= 15 is 0 Å². The summed E-state index contributed by atoms with van der Waals surface area (Å²) in [5.74, 6) is -0.681. The Labute approximate surface area is 340 Å². The molecular weight excluding hydrogens is 763 g/mol. The fourth-order valence-electron chi connectivity index (χ4n) is 5.26. The Bertz CT molecular complexity index is 1860. The van der Waals surface area contributed by atoms with E-state index in [-0.39, 0.29) is 88.2 Å². The Balaban J connectivity index is 0.000000542. The van der Waals surface area contributed by atoms with Gasteiger partial charge >= 0.3 is 5.97 Å². The van der Waals surface area contributed by atoms with Crippen LogP contribution in [0.4, 0.5) is 8.78 Å². The van der Waals surface area contributed by atoms with Crippen LogP contribution in [0.25, 0.3) is 0 Å². The Morgan fingerprint density at radius 2 is 1.04 bits per heavy atom. The minimum Gasteiger partial charge on any atom is -0.489 e. The third kappa shape index (κ3) is 18.9. The quantitative estimate of drug-likeness (QED) is 0.107. The lowest BCUT2D eigenvalue weighted by Gasteiger charge is -2.15. The lowest BCUT2D eigenvalue weighted by molar-refractivity contribution is -0.146. The molecule has 10 nitrogen and oxygen atoms in total. The maximum absolute atomic E-state index is 13.2. The highest BCUT2D eigenvalue weighted by Gasteiger charge is 2.23. The number of ketones is 2. The summed E-state index contributed by atoms with van der Waals surface area (Å²) in [5, 5.41) is 5.20. The van der Waals surface area contributed by atoms with Crippen LogP contribution in [-0.2, 0) is 54.8 Å². The second kappa shape index (κ2) is 25.8. The number of hydrogen-bond acceptors (Lipinski definition) is 8. The molecule has 0 aliphatic rings. The first-order chi connectivity index (χ1) is 25.8. The number of amides is 2. The van der Waals surface area contributed by atoms with Gasteiger partial charge in [0.05, 0.1) is 7.11 Å². The van der Waals surface area contributed by atoms with E-state index in [4.69, 9.17) is 9.47 Å². The van der Waals surface area contributed by atoms with Crippen molar-refractivity contribution in [1.82, 2.24) is 10.6 Å². The molecule has 0 aromatic heterocycles. The zero-order chi connectivity index (χ0) is 39.5. The normalized spacial score (nSPS) is 11.1. The van der Waals surface area contributed by atoms with Crippen molar-refractivity contribution in [3.05, 3.63) is 131 Å². The minimum absolute atomic E-state index is 0. The van der Waals surface area contributed by atoms with Gasteiger partial charge in [0.15, 0.2) is 0 Å².